The van der Waals surface area contributed by atoms with Crippen LogP contribution in [0.5, 0.6) is 5.75 Å². The number of hydrogen-bond donors (Lipinski definition) is 2. The zero-order valence-electron chi connectivity index (χ0n) is 8.94. The Balaban J connectivity index is 2.76. The first-order valence-electron chi connectivity index (χ1n) is 4.89. The molecule has 1 amide bonds. The Bertz CT molecular complexity index is 379. The molecule has 1 aromatic rings. The summed E-state index contributed by atoms with van der Waals surface area (Å²) in [5, 5.41) is 9.41. The fourth-order valence-corrected chi connectivity index (χ4v) is 1.24. The highest BCUT2D eigenvalue weighted by molar-refractivity contribution is 5.73. The Hall–Kier alpha value is -1.62. The number of rotatable bonds is 5. The summed E-state index contributed by atoms with van der Waals surface area (Å²) in [4.78, 5) is 10.5. The van der Waals surface area contributed by atoms with Crippen molar-refractivity contribution in [3.05, 3.63) is 29.6 Å². The van der Waals surface area contributed by atoms with Crippen LogP contribution in [-0.2, 0) is 4.79 Å². The first-order valence-corrected chi connectivity index (χ1v) is 4.89. The van der Waals surface area contributed by atoms with E-state index >= 15 is 0 Å². The summed E-state index contributed by atoms with van der Waals surface area (Å²) in [5.41, 5.74) is 5.42. The Morgan fingerprint density at radius 3 is 2.88 bits per heavy atom. The van der Waals surface area contributed by atoms with Crippen molar-refractivity contribution in [3.8, 4) is 5.75 Å². The molecule has 5 heteroatoms. The number of aliphatic hydroxyl groups excluding tert-OH is 1. The number of amides is 1. The van der Waals surface area contributed by atoms with E-state index in [0.717, 1.165) is 0 Å². The highest BCUT2D eigenvalue weighted by atomic mass is 19.1. The Morgan fingerprint density at radius 1 is 1.62 bits per heavy atom. The zero-order chi connectivity index (χ0) is 12.1. The predicted octanol–water partition coefficient (Wildman–Crippen LogP) is 1.13. The molecular weight excluding hydrogens is 213 g/mol. The van der Waals surface area contributed by atoms with Gasteiger partial charge in [0.1, 0.15) is 11.6 Å². The second-order valence-corrected chi connectivity index (χ2v) is 3.42. The average Bonchev–Trinajstić information content (AvgIpc) is 2.16. The Labute approximate surface area is 92.8 Å². The molecule has 0 bridgehead atoms. The lowest BCUT2D eigenvalue weighted by Crippen LogP contribution is -2.15. The number of benzene rings is 1. The highest BCUT2D eigenvalue weighted by Crippen LogP contribution is 2.25. The van der Waals surface area contributed by atoms with E-state index in [0.29, 0.717) is 5.56 Å². The molecule has 0 heterocycles. The van der Waals surface area contributed by atoms with Gasteiger partial charge in [-0.3, -0.25) is 4.79 Å². The Morgan fingerprint density at radius 2 is 2.31 bits per heavy atom. The van der Waals surface area contributed by atoms with E-state index < -0.39 is 17.8 Å². The van der Waals surface area contributed by atoms with Crippen LogP contribution in [0.1, 0.15) is 25.0 Å². The normalized spacial score (nSPS) is 12.2. The van der Waals surface area contributed by atoms with Gasteiger partial charge < -0.3 is 15.6 Å². The summed E-state index contributed by atoms with van der Waals surface area (Å²) in [6.45, 7) is 1.62. The quantitative estimate of drug-likeness (QED) is 0.792. The molecule has 0 saturated heterocycles. The molecule has 1 atom stereocenters. The van der Waals surface area contributed by atoms with Gasteiger partial charge in [0.05, 0.1) is 19.1 Å². The summed E-state index contributed by atoms with van der Waals surface area (Å²) in [7, 11) is 0. The summed E-state index contributed by atoms with van der Waals surface area (Å²) >= 11 is 0. The third kappa shape index (κ3) is 3.51. The topological polar surface area (TPSA) is 72.6 Å². The molecule has 0 unspecified atom stereocenters. The number of carbonyl (C=O) groups excluding carboxylic acids is 1. The second kappa shape index (κ2) is 5.46. The first-order chi connectivity index (χ1) is 7.50. The van der Waals surface area contributed by atoms with Crippen molar-refractivity contribution >= 4 is 5.91 Å². The molecule has 0 aromatic heterocycles. The number of carbonyl (C=O) groups is 1. The average molecular weight is 227 g/mol. The minimum Gasteiger partial charge on any atom is -0.493 e. The van der Waals surface area contributed by atoms with Gasteiger partial charge in [0.2, 0.25) is 5.91 Å². The zero-order valence-corrected chi connectivity index (χ0v) is 8.94. The second-order valence-electron chi connectivity index (χ2n) is 3.42. The minimum atomic E-state index is -0.760. The molecule has 16 heavy (non-hydrogen) atoms. The van der Waals surface area contributed by atoms with Gasteiger partial charge in [-0.25, -0.2) is 4.39 Å². The van der Waals surface area contributed by atoms with Crippen LogP contribution in [-0.4, -0.2) is 17.6 Å². The minimum absolute atomic E-state index is 0.0514. The summed E-state index contributed by atoms with van der Waals surface area (Å²) in [5.74, 6) is -0.718. The largest absolute Gasteiger partial charge is 0.493 e. The molecule has 1 aromatic carbocycles. The van der Waals surface area contributed by atoms with Crippen molar-refractivity contribution in [2.45, 2.75) is 19.4 Å². The molecule has 0 aliphatic carbocycles. The SMILES string of the molecule is C[C@H](O)c1ccc(F)cc1OCCC(N)=O. The maximum atomic E-state index is 12.9. The van der Waals surface area contributed by atoms with Gasteiger partial charge in [0.25, 0.3) is 0 Å². The fourth-order valence-electron chi connectivity index (χ4n) is 1.24. The van der Waals surface area contributed by atoms with Gasteiger partial charge in [-0.1, -0.05) is 0 Å². The molecule has 3 N–H and O–H groups in total. The highest BCUT2D eigenvalue weighted by Gasteiger charge is 2.10. The smallest absolute Gasteiger partial charge is 0.220 e. The van der Waals surface area contributed by atoms with Gasteiger partial charge in [0.15, 0.2) is 0 Å². The summed E-state index contributed by atoms with van der Waals surface area (Å²) in [6, 6.07) is 3.85. The number of primary amides is 1. The molecule has 0 aliphatic heterocycles. The molecular formula is C11H14FNO3. The Kier molecular flexibility index (Phi) is 4.25. The van der Waals surface area contributed by atoms with Gasteiger partial charge in [0, 0.05) is 11.6 Å². The van der Waals surface area contributed by atoms with E-state index in [4.69, 9.17) is 10.5 Å². The van der Waals surface area contributed by atoms with E-state index in [2.05, 4.69) is 0 Å². The van der Waals surface area contributed by atoms with Gasteiger partial charge in [-0.2, -0.15) is 0 Å². The molecule has 0 fully saturated rings. The van der Waals surface area contributed by atoms with Crippen LogP contribution in [0.25, 0.3) is 0 Å². The number of aliphatic hydroxyl groups is 1. The van der Waals surface area contributed by atoms with Crippen molar-refractivity contribution in [1.29, 1.82) is 0 Å². The third-order valence-electron chi connectivity index (χ3n) is 2.03. The van der Waals surface area contributed by atoms with E-state index in [1.54, 1.807) is 6.92 Å². The van der Waals surface area contributed by atoms with Crippen LogP contribution < -0.4 is 10.5 Å². The molecule has 4 nitrogen and oxygen atoms in total. The molecule has 88 valence electrons. The standard InChI is InChI=1S/C11H14FNO3/c1-7(14)9-3-2-8(12)6-10(9)16-5-4-11(13)15/h2-3,6-7,14H,4-5H2,1H3,(H2,13,15)/t7-/m0/s1. The number of nitrogens with two attached hydrogens (primary N) is 1. The lowest BCUT2D eigenvalue weighted by Gasteiger charge is -2.12. The van der Waals surface area contributed by atoms with Crippen LogP contribution in [0.4, 0.5) is 4.39 Å². The lowest BCUT2D eigenvalue weighted by molar-refractivity contribution is -0.118. The van der Waals surface area contributed by atoms with Gasteiger partial charge in [-0.05, 0) is 19.1 Å². The monoisotopic (exact) mass is 227 g/mol. The van der Waals surface area contributed by atoms with Crippen molar-refractivity contribution in [2.75, 3.05) is 6.61 Å². The first kappa shape index (κ1) is 12.4. The number of hydrogen-bond acceptors (Lipinski definition) is 3. The van der Waals surface area contributed by atoms with Crippen molar-refractivity contribution in [3.63, 3.8) is 0 Å². The molecule has 1 rings (SSSR count). The van der Waals surface area contributed by atoms with E-state index in [-0.39, 0.29) is 18.8 Å². The van der Waals surface area contributed by atoms with Crippen LogP contribution in [0.15, 0.2) is 18.2 Å². The maximum absolute atomic E-state index is 12.9. The third-order valence-corrected chi connectivity index (χ3v) is 2.03. The van der Waals surface area contributed by atoms with Crippen LogP contribution in [0.2, 0.25) is 0 Å². The van der Waals surface area contributed by atoms with Gasteiger partial charge in [-0.15, -0.1) is 0 Å². The van der Waals surface area contributed by atoms with Gasteiger partial charge >= 0.3 is 0 Å². The van der Waals surface area contributed by atoms with Crippen LogP contribution >= 0.6 is 0 Å². The predicted molar refractivity (Wildman–Crippen MR) is 56.3 cm³/mol. The van der Waals surface area contributed by atoms with Crippen LogP contribution in [0, 0.1) is 5.82 Å². The van der Waals surface area contributed by atoms with Crippen LogP contribution in [0.3, 0.4) is 0 Å². The van der Waals surface area contributed by atoms with Crippen molar-refractivity contribution in [1.82, 2.24) is 0 Å². The maximum Gasteiger partial charge on any atom is 0.220 e. The van der Waals surface area contributed by atoms with Crippen molar-refractivity contribution in [2.24, 2.45) is 5.73 Å². The van der Waals surface area contributed by atoms with Crippen molar-refractivity contribution < 1.29 is 19.0 Å². The molecule has 0 spiro atoms. The molecule has 0 aliphatic rings. The van der Waals surface area contributed by atoms with E-state index in [9.17, 15) is 14.3 Å². The van der Waals surface area contributed by atoms with E-state index in [1.807, 2.05) is 0 Å². The molecule has 0 saturated carbocycles. The summed E-state index contributed by atoms with van der Waals surface area (Å²) in [6.07, 6.45) is -0.709. The fraction of sp³-hybridized carbons (Fsp3) is 0.364. The number of ether oxygens (including phenoxy) is 1. The van der Waals surface area contributed by atoms with E-state index in [1.165, 1.54) is 18.2 Å². The number of halogens is 1. The molecule has 0 radical (unpaired) electrons. The lowest BCUT2D eigenvalue weighted by atomic mass is 10.1. The summed E-state index contributed by atoms with van der Waals surface area (Å²) < 4.78 is 18.1.